The van der Waals surface area contributed by atoms with Crippen molar-refractivity contribution in [1.29, 1.82) is 0 Å². The molecule has 1 aromatic heterocycles. The van der Waals surface area contributed by atoms with Crippen molar-refractivity contribution in [3.63, 3.8) is 0 Å². The first-order valence-electron chi connectivity index (χ1n) is 8.46. The highest BCUT2D eigenvalue weighted by molar-refractivity contribution is 5.96. The number of ether oxygens (including phenoxy) is 2. The molecular weight excluding hydrogens is 340 g/mol. The molecule has 2 heterocycles. The van der Waals surface area contributed by atoms with E-state index in [1.54, 1.807) is 18.2 Å². The van der Waals surface area contributed by atoms with Gasteiger partial charge in [0.15, 0.2) is 17.3 Å². The summed E-state index contributed by atoms with van der Waals surface area (Å²) in [5.74, 6) is 1.34. The van der Waals surface area contributed by atoms with Gasteiger partial charge >= 0.3 is 0 Å². The Morgan fingerprint density at radius 3 is 2.73 bits per heavy atom. The number of carbonyl (C=O) groups excluding carboxylic acids is 2. The zero-order valence-corrected chi connectivity index (χ0v) is 14.4. The molecule has 26 heavy (non-hydrogen) atoms. The first-order chi connectivity index (χ1) is 12.7. The fourth-order valence-corrected chi connectivity index (χ4v) is 2.38. The molecule has 1 aliphatic heterocycles. The Hall–Kier alpha value is -3.10. The van der Waals surface area contributed by atoms with Crippen LogP contribution in [0.3, 0.4) is 0 Å². The molecule has 0 aliphatic carbocycles. The molecule has 9 nitrogen and oxygen atoms in total. The van der Waals surface area contributed by atoms with E-state index in [-0.39, 0.29) is 12.3 Å². The number of nitrogens with one attached hydrogen (secondary N) is 2. The molecule has 1 aromatic carbocycles. The minimum atomic E-state index is -0.446. The van der Waals surface area contributed by atoms with Gasteiger partial charge in [0, 0.05) is 24.8 Å². The van der Waals surface area contributed by atoms with Gasteiger partial charge in [0.25, 0.3) is 5.91 Å². The first kappa shape index (κ1) is 17.7. The number of benzene rings is 1. The van der Waals surface area contributed by atoms with Crippen molar-refractivity contribution in [2.75, 3.05) is 13.2 Å². The molecule has 0 unspecified atom stereocenters. The predicted octanol–water partition coefficient (Wildman–Crippen LogP) is 1.19. The fourth-order valence-electron chi connectivity index (χ4n) is 2.38. The first-order valence-corrected chi connectivity index (χ1v) is 8.46. The maximum atomic E-state index is 12.1. The summed E-state index contributed by atoms with van der Waals surface area (Å²) in [7, 11) is 0. The second kappa shape index (κ2) is 8.32. The standard InChI is InChI=1S/C17H20N4O5/c1-2-3-14-18-16(26-21-14)7-6-15(22)19-20-17(23)11-4-5-12-13(10-11)25-9-8-24-12/h4-5,10H,2-3,6-9H2,1H3,(H,19,22)(H,20,23). The number of aromatic nitrogens is 2. The van der Waals surface area contributed by atoms with Crippen LogP contribution in [0.15, 0.2) is 22.7 Å². The summed E-state index contributed by atoms with van der Waals surface area (Å²) in [4.78, 5) is 28.2. The Kier molecular flexibility index (Phi) is 5.67. The van der Waals surface area contributed by atoms with Gasteiger partial charge in [-0.3, -0.25) is 20.4 Å². The van der Waals surface area contributed by atoms with E-state index in [1.807, 2.05) is 6.92 Å². The van der Waals surface area contributed by atoms with Crippen LogP contribution < -0.4 is 20.3 Å². The number of nitrogens with zero attached hydrogens (tertiary/aromatic N) is 2. The smallest absolute Gasteiger partial charge is 0.269 e. The van der Waals surface area contributed by atoms with Crippen LogP contribution >= 0.6 is 0 Å². The Bertz CT molecular complexity index is 789. The van der Waals surface area contributed by atoms with E-state index in [0.29, 0.717) is 48.4 Å². The quantitative estimate of drug-likeness (QED) is 0.743. The molecule has 0 fully saturated rings. The molecule has 1 aliphatic rings. The highest BCUT2D eigenvalue weighted by Gasteiger charge is 2.15. The van der Waals surface area contributed by atoms with Gasteiger partial charge < -0.3 is 14.0 Å². The van der Waals surface area contributed by atoms with Crippen molar-refractivity contribution in [2.45, 2.75) is 32.6 Å². The van der Waals surface area contributed by atoms with Crippen LogP contribution in [0, 0.1) is 0 Å². The topological polar surface area (TPSA) is 116 Å². The third-order valence-corrected chi connectivity index (χ3v) is 3.67. The number of hydrogen-bond acceptors (Lipinski definition) is 7. The summed E-state index contributed by atoms with van der Waals surface area (Å²) < 4.78 is 15.9. The number of carbonyl (C=O) groups is 2. The number of rotatable bonds is 6. The summed E-state index contributed by atoms with van der Waals surface area (Å²) in [6.45, 7) is 2.94. The van der Waals surface area contributed by atoms with E-state index >= 15 is 0 Å². The van der Waals surface area contributed by atoms with Gasteiger partial charge in [-0.05, 0) is 24.6 Å². The molecule has 0 saturated heterocycles. The number of hydrogen-bond donors (Lipinski definition) is 2. The third-order valence-electron chi connectivity index (χ3n) is 3.67. The normalized spacial score (nSPS) is 12.5. The Morgan fingerprint density at radius 1 is 1.12 bits per heavy atom. The van der Waals surface area contributed by atoms with Crippen LogP contribution in [-0.4, -0.2) is 35.2 Å². The third kappa shape index (κ3) is 4.50. The molecular formula is C17H20N4O5. The zero-order chi connectivity index (χ0) is 18.4. The fraction of sp³-hybridized carbons (Fsp3) is 0.412. The number of aryl methyl sites for hydroxylation is 2. The highest BCUT2D eigenvalue weighted by atomic mass is 16.6. The second-order valence-corrected chi connectivity index (χ2v) is 5.72. The van der Waals surface area contributed by atoms with Gasteiger partial charge in [0.2, 0.25) is 11.8 Å². The van der Waals surface area contributed by atoms with E-state index in [1.165, 1.54) is 0 Å². The predicted molar refractivity (Wildman–Crippen MR) is 89.7 cm³/mol. The largest absolute Gasteiger partial charge is 0.486 e. The van der Waals surface area contributed by atoms with Crippen molar-refractivity contribution in [1.82, 2.24) is 21.0 Å². The van der Waals surface area contributed by atoms with Gasteiger partial charge in [0.1, 0.15) is 13.2 Å². The number of hydrazine groups is 1. The molecule has 0 saturated carbocycles. The van der Waals surface area contributed by atoms with E-state index in [0.717, 1.165) is 12.8 Å². The van der Waals surface area contributed by atoms with Gasteiger partial charge in [-0.2, -0.15) is 4.98 Å². The number of amides is 2. The van der Waals surface area contributed by atoms with Crippen LogP contribution in [0.1, 0.15) is 41.8 Å². The van der Waals surface area contributed by atoms with Crippen LogP contribution in [0.2, 0.25) is 0 Å². The lowest BCUT2D eigenvalue weighted by Gasteiger charge is -2.18. The molecule has 0 spiro atoms. The Labute approximate surface area is 150 Å². The Morgan fingerprint density at radius 2 is 1.92 bits per heavy atom. The van der Waals surface area contributed by atoms with E-state index in [9.17, 15) is 9.59 Å². The maximum absolute atomic E-state index is 12.1. The maximum Gasteiger partial charge on any atom is 0.269 e. The number of fused-ring (bicyclic) bond motifs is 1. The van der Waals surface area contributed by atoms with E-state index in [2.05, 4.69) is 21.0 Å². The highest BCUT2D eigenvalue weighted by Crippen LogP contribution is 2.30. The molecule has 0 bridgehead atoms. The van der Waals surface area contributed by atoms with Crippen molar-refractivity contribution in [2.24, 2.45) is 0 Å². The average Bonchev–Trinajstić information content (AvgIpc) is 3.12. The second-order valence-electron chi connectivity index (χ2n) is 5.72. The van der Waals surface area contributed by atoms with Gasteiger partial charge in [-0.15, -0.1) is 0 Å². The van der Waals surface area contributed by atoms with Crippen molar-refractivity contribution in [3.8, 4) is 11.5 Å². The molecule has 3 rings (SSSR count). The summed E-state index contributed by atoms with van der Waals surface area (Å²) in [5.41, 5.74) is 5.09. The van der Waals surface area contributed by atoms with Gasteiger partial charge in [0.05, 0.1) is 0 Å². The van der Waals surface area contributed by atoms with Crippen molar-refractivity contribution in [3.05, 3.63) is 35.5 Å². The molecule has 2 amide bonds. The van der Waals surface area contributed by atoms with Crippen LogP contribution in [0.25, 0.3) is 0 Å². The minimum absolute atomic E-state index is 0.120. The molecule has 2 N–H and O–H groups in total. The van der Waals surface area contributed by atoms with Crippen LogP contribution in [-0.2, 0) is 17.6 Å². The molecule has 9 heteroatoms. The van der Waals surface area contributed by atoms with E-state index < -0.39 is 5.91 Å². The van der Waals surface area contributed by atoms with Crippen LogP contribution in [0.5, 0.6) is 11.5 Å². The van der Waals surface area contributed by atoms with Gasteiger partial charge in [-0.1, -0.05) is 12.1 Å². The lowest BCUT2D eigenvalue weighted by atomic mass is 10.2. The van der Waals surface area contributed by atoms with Crippen molar-refractivity contribution >= 4 is 11.8 Å². The molecule has 138 valence electrons. The molecule has 0 radical (unpaired) electrons. The summed E-state index contributed by atoms with van der Waals surface area (Å²) >= 11 is 0. The summed E-state index contributed by atoms with van der Waals surface area (Å²) in [6.07, 6.45) is 2.09. The molecule has 0 atom stereocenters. The molecule has 2 aromatic rings. The lowest BCUT2D eigenvalue weighted by molar-refractivity contribution is -0.121. The zero-order valence-electron chi connectivity index (χ0n) is 14.4. The summed E-state index contributed by atoms with van der Waals surface area (Å²) in [5, 5.41) is 3.82. The van der Waals surface area contributed by atoms with Crippen LogP contribution in [0.4, 0.5) is 0 Å². The van der Waals surface area contributed by atoms with Crippen molar-refractivity contribution < 1.29 is 23.6 Å². The summed E-state index contributed by atoms with van der Waals surface area (Å²) in [6, 6.07) is 4.83. The Balaban J connectivity index is 1.45. The van der Waals surface area contributed by atoms with E-state index in [4.69, 9.17) is 14.0 Å². The SMILES string of the molecule is CCCc1noc(CCC(=O)NNC(=O)c2ccc3c(c2)OCCO3)n1. The average molecular weight is 360 g/mol. The monoisotopic (exact) mass is 360 g/mol. The van der Waals surface area contributed by atoms with Gasteiger partial charge in [-0.25, -0.2) is 0 Å². The lowest BCUT2D eigenvalue weighted by Crippen LogP contribution is -2.41. The minimum Gasteiger partial charge on any atom is -0.486 e.